The van der Waals surface area contributed by atoms with Gasteiger partial charge in [0.2, 0.25) is 6.41 Å². The second-order valence-electron chi connectivity index (χ2n) is 11.2. The van der Waals surface area contributed by atoms with Gasteiger partial charge in [0, 0.05) is 38.0 Å². The smallest absolute Gasteiger partial charge is 0.254 e. The number of ether oxygens (including phenoxy) is 2. The molecule has 1 aromatic heterocycles. The van der Waals surface area contributed by atoms with Gasteiger partial charge in [0.15, 0.2) is 6.10 Å². The molecule has 9 heteroatoms. The minimum absolute atomic E-state index is 0.167. The van der Waals surface area contributed by atoms with Crippen LogP contribution in [0.15, 0.2) is 60.8 Å². The zero-order valence-electron chi connectivity index (χ0n) is 24.4. The highest BCUT2D eigenvalue weighted by molar-refractivity contribution is 5.81. The van der Waals surface area contributed by atoms with E-state index in [9.17, 15) is 19.1 Å². The fourth-order valence-corrected chi connectivity index (χ4v) is 4.16. The summed E-state index contributed by atoms with van der Waals surface area (Å²) < 4.78 is 24.4. The number of nitrogens with one attached hydrogen (secondary N) is 1. The van der Waals surface area contributed by atoms with E-state index >= 15 is 0 Å². The third kappa shape index (κ3) is 9.37. The van der Waals surface area contributed by atoms with Crippen LogP contribution in [0.3, 0.4) is 0 Å². The van der Waals surface area contributed by atoms with Crippen molar-refractivity contribution in [1.82, 2.24) is 15.2 Å². The minimum atomic E-state index is -1.12. The van der Waals surface area contributed by atoms with Crippen LogP contribution in [-0.4, -0.2) is 53.2 Å². The lowest BCUT2D eigenvalue weighted by molar-refractivity contribution is -0.147. The third-order valence-electron chi connectivity index (χ3n) is 6.78. The predicted molar refractivity (Wildman–Crippen MR) is 155 cm³/mol. The van der Waals surface area contributed by atoms with Crippen molar-refractivity contribution in [3.8, 4) is 16.9 Å². The van der Waals surface area contributed by atoms with Crippen molar-refractivity contribution in [2.24, 2.45) is 5.41 Å². The van der Waals surface area contributed by atoms with Gasteiger partial charge in [0.1, 0.15) is 11.6 Å². The van der Waals surface area contributed by atoms with Gasteiger partial charge >= 0.3 is 0 Å². The van der Waals surface area contributed by atoms with E-state index < -0.39 is 12.2 Å². The summed E-state index contributed by atoms with van der Waals surface area (Å²) >= 11 is 0. The van der Waals surface area contributed by atoms with Gasteiger partial charge in [-0.15, -0.1) is 0 Å². The number of carbonyl (C=O) groups is 2. The van der Waals surface area contributed by atoms with E-state index in [2.05, 4.69) is 31.1 Å². The van der Waals surface area contributed by atoms with Crippen molar-refractivity contribution in [3.05, 3.63) is 83.4 Å². The van der Waals surface area contributed by atoms with Gasteiger partial charge in [-0.05, 0) is 53.6 Å². The summed E-state index contributed by atoms with van der Waals surface area (Å²) in [6.45, 7) is 10.1. The highest BCUT2D eigenvalue weighted by Crippen LogP contribution is 2.32. The first-order chi connectivity index (χ1) is 19.5. The fourth-order valence-electron chi connectivity index (χ4n) is 4.16. The number of pyridine rings is 1. The molecule has 2 aromatic carbocycles. The molecule has 2 N–H and O–H groups in total. The Balaban J connectivity index is 0.000000239. The molecule has 41 heavy (non-hydrogen) atoms. The maximum atomic E-state index is 13.6. The molecule has 1 aliphatic rings. The highest BCUT2D eigenvalue weighted by Gasteiger charge is 2.31. The summed E-state index contributed by atoms with van der Waals surface area (Å²) in [5.74, 6) is -0.0633. The summed E-state index contributed by atoms with van der Waals surface area (Å²) in [4.78, 5) is 28.1. The molecule has 2 amide bonds. The average molecular weight is 566 g/mol. The number of benzene rings is 2. The molecule has 3 aromatic rings. The van der Waals surface area contributed by atoms with Gasteiger partial charge in [-0.3, -0.25) is 14.6 Å². The van der Waals surface area contributed by atoms with Crippen molar-refractivity contribution in [3.63, 3.8) is 0 Å². The third-order valence-corrected chi connectivity index (χ3v) is 6.78. The summed E-state index contributed by atoms with van der Waals surface area (Å²) in [5.41, 5.74) is 4.93. The maximum absolute atomic E-state index is 13.6. The van der Waals surface area contributed by atoms with Gasteiger partial charge in [0.25, 0.3) is 5.91 Å². The van der Waals surface area contributed by atoms with E-state index in [0.717, 1.165) is 34.4 Å². The van der Waals surface area contributed by atoms with Gasteiger partial charge < -0.3 is 24.8 Å². The van der Waals surface area contributed by atoms with E-state index in [1.807, 2.05) is 36.4 Å². The average Bonchev–Trinajstić information content (AvgIpc) is 3.39. The van der Waals surface area contributed by atoms with Crippen molar-refractivity contribution in [2.45, 2.75) is 66.0 Å². The van der Waals surface area contributed by atoms with Crippen molar-refractivity contribution in [2.75, 3.05) is 13.7 Å². The van der Waals surface area contributed by atoms with Crippen molar-refractivity contribution >= 4 is 12.3 Å². The zero-order chi connectivity index (χ0) is 30.0. The largest absolute Gasteiger partial charge is 0.493 e. The van der Waals surface area contributed by atoms with Crippen LogP contribution in [-0.2, 0) is 34.0 Å². The quantitative estimate of drug-likeness (QED) is 0.340. The molecule has 2 atom stereocenters. The molecule has 8 nitrogen and oxygen atoms in total. The SMILES string of the molecule is CC(C)(C)CCOc1cc(F)ccc1-c1ccc(CNC=O)cc1.CO[C@@H](C)[C@@H](O)C(=O)N1Cc2cccnc2C1. The van der Waals surface area contributed by atoms with Crippen LogP contribution < -0.4 is 10.1 Å². The van der Waals surface area contributed by atoms with E-state index in [-0.39, 0.29) is 17.1 Å². The Morgan fingerprint density at radius 3 is 2.54 bits per heavy atom. The molecule has 2 heterocycles. The number of methoxy groups -OCH3 is 1. The van der Waals surface area contributed by atoms with Gasteiger partial charge in [-0.25, -0.2) is 4.39 Å². The van der Waals surface area contributed by atoms with Crippen LogP contribution in [0, 0.1) is 11.2 Å². The number of aromatic nitrogens is 1. The number of halogens is 1. The Kier molecular flexibility index (Phi) is 11.4. The van der Waals surface area contributed by atoms with Crippen LogP contribution in [0.2, 0.25) is 0 Å². The molecule has 0 fully saturated rings. The molecule has 4 rings (SSSR count). The molecular weight excluding hydrogens is 525 g/mol. The molecule has 0 aliphatic carbocycles. The lowest BCUT2D eigenvalue weighted by Crippen LogP contribution is -2.42. The van der Waals surface area contributed by atoms with Gasteiger partial charge in [0.05, 0.1) is 24.9 Å². The van der Waals surface area contributed by atoms with Crippen molar-refractivity contribution < 1.29 is 28.6 Å². The molecular formula is C32H40FN3O5. The predicted octanol–water partition coefficient (Wildman–Crippen LogP) is 4.87. The Morgan fingerprint density at radius 1 is 1.17 bits per heavy atom. The first-order valence-electron chi connectivity index (χ1n) is 13.6. The lowest BCUT2D eigenvalue weighted by Gasteiger charge is -2.22. The van der Waals surface area contributed by atoms with Gasteiger partial charge in [-0.2, -0.15) is 0 Å². The van der Waals surface area contributed by atoms with E-state index in [1.54, 1.807) is 24.1 Å². The maximum Gasteiger partial charge on any atom is 0.254 e. The number of amides is 2. The van der Waals surface area contributed by atoms with Crippen LogP contribution >= 0.6 is 0 Å². The number of aliphatic hydroxyl groups excluding tert-OH is 1. The number of aliphatic hydroxyl groups is 1. The second-order valence-corrected chi connectivity index (χ2v) is 11.2. The first kappa shape index (κ1) is 31.7. The Labute approximate surface area is 241 Å². The van der Waals surface area contributed by atoms with Crippen molar-refractivity contribution in [1.29, 1.82) is 0 Å². The number of fused-ring (bicyclic) bond motifs is 1. The first-order valence-corrected chi connectivity index (χ1v) is 13.6. The number of nitrogens with zero attached hydrogens (tertiary/aromatic N) is 2. The van der Waals surface area contributed by atoms with Crippen LogP contribution in [0.25, 0.3) is 11.1 Å². The highest BCUT2D eigenvalue weighted by atomic mass is 19.1. The molecule has 0 bridgehead atoms. The van der Waals surface area contributed by atoms with E-state index in [1.165, 1.54) is 19.2 Å². The summed E-state index contributed by atoms with van der Waals surface area (Å²) in [7, 11) is 1.47. The Bertz CT molecular complexity index is 1270. The molecule has 0 spiro atoms. The number of hydrogen-bond donors (Lipinski definition) is 2. The normalized spacial score (nSPS) is 13.9. The van der Waals surface area contributed by atoms with Gasteiger partial charge in [-0.1, -0.05) is 51.1 Å². The summed E-state index contributed by atoms with van der Waals surface area (Å²) in [6.07, 6.45) is 1.66. The molecule has 1 aliphatic heterocycles. The summed E-state index contributed by atoms with van der Waals surface area (Å²) in [6, 6.07) is 16.2. The molecule has 220 valence electrons. The Morgan fingerprint density at radius 2 is 1.90 bits per heavy atom. The number of hydrogen-bond acceptors (Lipinski definition) is 6. The number of carbonyl (C=O) groups excluding carboxylic acids is 2. The fraction of sp³-hybridized carbons (Fsp3) is 0.406. The monoisotopic (exact) mass is 565 g/mol. The van der Waals surface area contributed by atoms with Crippen LogP contribution in [0.4, 0.5) is 4.39 Å². The standard InChI is InChI=1S/C20H24FNO2.C12H16N2O3/c1-20(2,3)10-11-24-19-12-17(21)8-9-18(19)16-6-4-15(5-7-16)13-22-14-23;1-8(17-2)11(15)12(16)14-6-9-4-3-5-13-10(9)7-14/h4-9,12,14H,10-11,13H2,1-3H3,(H,22,23);3-5,8,11,15H,6-7H2,1-2H3/t;8-,11+/m.0/s1. The van der Waals surface area contributed by atoms with Crippen LogP contribution in [0.5, 0.6) is 5.75 Å². The van der Waals surface area contributed by atoms with E-state index in [4.69, 9.17) is 9.47 Å². The zero-order valence-corrected chi connectivity index (χ0v) is 24.4. The molecule has 0 saturated carbocycles. The molecule has 0 unspecified atom stereocenters. The Hall–Kier alpha value is -3.82. The second kappa shape index (κ2) is 14.7. The molecule has 0 saturated heterocycles. The topological polar surface area (TPSA) is 101 Å². The minimum Gasteiger partial charge on any atom is -0.493 e. The molecule has 0 radical (unpaired) electrons. The lowest BCUT2D eigenvalue weighted by atomic mass is 9.93. The van der Waals surface area contributed by atoms with Crippen LogP contribution in [0.1, 0.15) is 50.9 Å². The number of rotatable bonds is 10. The summed E-state index contributed by atoms with van der Waals surface area (Å²) in [5, 5.41) is 12.4. The van der Waals surface area contributed by atoms with E-state index in [0.29, 0.717) is 38.4 Å².